The van der Waals surface area contributed by atoms with Gasteiger partial charge in [0.2, 0.25) is 0 Å². The van der Waals surface area contributed by atoms with Gasteiger partial charge in [0.05, 0.1) is 0 Å². The van der Waals surface area contributed by atoms with Crippen LogP contribution in [0.2, 0.25) is 6.82 Å². The lowest BCUT2D eigenvalue weighted by Gasteiger charge is -2.33. The molecule has 1 rings (SSSR count). The summed E-state index contributed by atoms with van der Waals surface area (Å²) in [7, 11) is -0.763. The second kappa shape index (κ2) is 5.51. The van der Waals surface area contributed by atoms with Gasteiger partial charge in [-0.25, -0.2) is 0 Å². The highest BCUT2D eigenvalue weighted by Gasteiger charge is 2.39. The molecule has 1 saturated carbocycles. The molecule has 0 bridgehead atoms. The van der Waals surface area contributed by atoms with Crippen LogP contribution in [-0.2, 0) is 4.79 Å². The second-order valence-corrected chi connectivity index (χ2v) is 4.48. The van der Waals surface area contributed by atoms with Crippen molar-refractivity contribution in [3.8, 4) is 0 Å². The molecule has 0 atom stereocenters. The van der Waals surface area contributed by atoms with E-state index in [4.69, 9.17) is 0 Å². The zero-order valence-corrected chi connectivity index (χ0v) is 9.33. The molecular formula is C10H20BNO3. The van der Waals surface area contributed by atoms with Crippen molar-refractivity contribution in [1.29, 1.82) is 0 Å². The van der Waals surface area contributed by atoms with E-state index in [1.807, 2.05) is 0 Å². The van der Waals surface area contributed by atoms with Crippen LogP contribution in [0.25, 0.3) is 0 Å². The van der Waals surface area contributed by atoms with E-state index in [9.17, 15) is 14.9 Å². The minimum Gasteiger partial charge on any atom is -0.480 e. The summed E-state index contributed by atoms with van der Waals surface area (Å²) in [5.74, 6) is -0.828. The van der Waals surface area contributed by atoms with E-state index in [0.29, 0.717) is 12.8 Å². The number of carbonyl (C=O) groups is 1. The van der Waals surface area contributed by atoms with Crippen molar-refractivity contribution in [1.82, 2.24) is 5.23 Å². The predicted molar refractivity (Wildman–Crippen MR) is 59.7 cm³/mol. The topological polar surface area (TPSA) is 69.6 Å². The Bertz CT molecular complexity index is 213. The highest BCUT2D eigenvalue weighted by Crippen LogP contribution is 2.26. The van der Waals surface area contributed by atoms with Gasteiger partial charge in [-0.1, -0.05) is 32.1 Å². The molecule has 1 aliphatic carbocycles. The molecule has 0 aromatic heterocycles. The number of aliphatic carboxylic acids is 1. The molecule has 86 valence electrons. The molecule has 0 heterocycles. The Kier molecular flexibility index (Phi) is 4.60. The van der Waals surface area contributed by atoms with Crippen LogP contribution < -0.4 is 5.23 Å². The highest BCUT2D eigenvalue weighted by atomic mass is 16.4. The van der Waals surface area contributed by atoms with Crippen molar-refractivity contribution >= 4 is 13.0 Å². The number of hydrogen-bond donors (Lipinski definition) is 3. The quantitative estimate of drug-likeness (QED) is 0.617. The predicted octanol–water partition coefficient (Wildman–Crippen LogP) is 1.25. The van der Waals surface area contributed by atoms with E-state index >= 15 is 0 Å². The summed E-state index contributed by atoms with van der Waals surface area (Å²) in [6.45, 7) is 1.57. The van der Waals surface area contributed by atoms with E-state index < -0.39 is 18.6 Å². The molecule has 4 nitrogen and oxygen atoms in total. The molecule has 1 fully saturated rings. The lowest BCUT2D eigenvalue weighted by Crippen LogP contribution is -2.57. The van der Waals surface area contributed by atoms with Gasteiger partial charge in [0.25, 0.3) is 0 Å². The third kappa shape index (κ3) is 3.50. The van der Waals surface area contributed by atoms with Crippen molar-refractivity contribution in [2.75, 3.05) is 0 Å². The van der Waals surface area contributed by atoms with Crippen molar-refractivity contribution in [2.24, 2.45) is 0 Å². The maximum absolute atomic E-state index is 11.3. The Labute approximate surface area is 91.2 Å². The van der Waals surface area contributed by atoms with Crippen LogP contribution in [0.1, 0.15) is 44.9 Å². The van der Waals surface area contributed by atoms with Gasteiger partial charge in [-0.05, 0) is 19.7 Å². The first-order chi connectivity index (χ1) is 7.07. The fraction of sp³-hybridized carbons (Fsp3) is 0.900. The van der Waals surface area contributed by atoms with Gasteiger partial charge in [-0.2, -0.15) is 0 Å². The first kappa shape index (κ1) is 12.5. The molecule has 1 aliphatic rings. The van der Waals surface area contributed by atoms with Gasteiger partial charge in [0.15, 0.2) is 0 Å². The Morgan fingerprint density at radius 2 is 1.67 bits per heavy atom. The van der Waals surface area contributed by atoms with Gasteiger partial charge in [-0.15, -0.1) is 0 Å². The molecule has 0 unspecified atom stereocenters. The van der Waals surface area contributed by atoms with Crippen LogP contribution in [0.5, 0.6) is 0 Å². The molecule has 0 radical (unpaired) electrons. The average molecular weight is 213 g/mol. The Morgan fingerprint density at radius 3 is 2.07 bits per heavy atom. The monoisotopic (exact) mass is 213 g/mol. The van der Waals surface area contributed by atoms with Crippen LogP contribution in [-0.4, -0.2) is 28.7 Å². The molecular weight excluding hydrogens is 193 g/mol. The first-order valence-corrected chi connectivity index (χ1v) is 5.76. The fourth-order valence-corrected chi connectivity index (χ4v) is 2.33. The number of rotatable bonds is 3. The van der Waals surface area contributed by atoms with Crippen LogP contribution in [0, 0.1) is 0 Å². The van der Waals surface area contributed by atoms with E-state index in [1.165, 1.54) is 6.42 Å². The van der Waals surface area contributed by atoms with Crippen LogP contribution in [0.3, 0.4) is 0 Å². The highest BCUT2D eigenvalue weighted by molar-refractivity contribution is 6.46. The second-order valence-electron chi connectivity index (χ2n) is 4.48. The van der Waals surface area contributed by atoms with Crippen molar-refractivity contribution < 1.29 is 14.9 Å². The summed E-state index contributed by atoms with van der Waals surface area (Å²) in [6, 6.07) is 0. The summed E-state index contributed by atoms with van der Waals surface area (Å²) in [6.07, 6.45) is 6.47. The third-order valence-electron chi connectivity index (χ3n) is 3.10. The van der Waals surface area contributed by atoms with Crippen LogP contribution in [0.4, 0.5) is 0 Å². The van der Waals surface area contributed by atoms with E-state index in [-0.39, 0.29) is 0 Å². The molecule has 0 aromatic carbocycles. The van der Waals surface area contributed by atoms with E-state index in [2.05, 4.69) is 5.23 Å². The Morgan fingerprint density at radius 1 is 1.20 bits per heavy atom. The Balaban J connectivity index is 2.71. The SMILES string of the molecule is CB(O)NC1(C(=O)O)CCCCCCC1. The minimum absolute atomic E-state index is 0.618. The zero-order valence-electron chi connectivity index (χ0n) is 9.33. The summed E-state index contributed by atoms with van der Waals surface area (Å²) in [4.78, 5) is 11.3. The fourth-order valence-electron chi connectivity index (χ4n) is 2.33. The lowest BCUT2D eigenvalue weighted by atomic mass is 9.76. The zero-order chi connectivity index (χ0) is 11.3. The van der Waals surface area contributed by atoms with Crippen LogP contribution in [0.15, 0.2) is 0 Å². The average Bonchev–Trinajstić information content (AvgIpc) is 2.08. The lowest BCUT2D eigenvalue weighted by molar-refractivity contribution is -0.145. The Hall–Kier alpha value is -0.545. The smallest absolute Gasteiger partial charge is 0.374 e. The minimum atomic E-state index is -0.908. The molecule has 15 heavy (non-hydrogen) atoms. The standard InChI is InChI=1S/C10H20BNO3/c1-11(15)12-10(9(13)14)7-5-3-2-4-6-8-10/h12,15H,2-8H2,1H3,(H,13,14). The molecule has 0 amide bonds. The summed E-state index contributed by atoms with van der Waals surface area (Å²) in [5.41, 5.74) is -0.908. The van der Waals surface area contributed by atoms with E-state index in [0.717, 1.165) is 25.7 Å². The molecule has 0 spiro atoms. The van der Waals surface area contributed by atoms with Crippen molar-refractivity contribution in [3.05, 3.63) is 0 Å². The molecule has 3 N–H and O–H groups in total. The first-order valence-electron chi connectivity index (χ1n) is 5.76. The number of carboxylic acid groups (broad SMARTS) is 1. The molecule has 0 aromatic rings. The maximum atomic E-state index is 11.3. The van der Waals surface area contributed by atoms with Gasteiger partial charge in [0.1, 0.15) is 5.54 Å². The van der Waals surface area contributed by atoms with Crippen molar-refractivity contribution in [3.63, 3.8) is 0 Å². The third-order valence-corrected chi connectivity index (χ3v) is 3.10. The maximum Gasteiger partial charge on any atom is 0.374 e. The number of hydrogen-bond acceptors (Lipinski definition) is 3. The number of carboxylic acids is 1. The molecule has 5 heteroatoms. The summed E-state index contributed by atoms with van der Waals surface area (Å²) < 4.78 is 0. The number of nitrogens with one attached hydrogen (secondary N) is 1. The van der Waals surface area contributed by atoms with E-state index in [1.54, 1.807) is 6.82 Å². The molecule has 0 saturated heterocycles. The molecule has 0 aliphatic heterocycles. The van der Waals surface area contributed by atoms with Gasteiger partial charge in [0, 0.05) is 0 Å². The van der Waals surface area contributed by atoms with Gasteiger partial charge in [-0.3, -0.25) is 4.79 Å². The summed E-state index contributed by atoms with van der Waals surface area (Å²) in [5, 5.41) is 21.4. The van der Waals surface area contributed by atoms with Crippen molar-refractivity contribution in [2.45, 2.75) is 57.3 Å². The van der Waals surface area contributed by atoms with Gasteiger partial charge >= 0.3 is 13.0 Å². The van der Waals surface area contributed by atoms with Crippen LogP contribution >= 0.6 is 0 Å². The van der Waals surface area contributed by atoms with Gasteiger partial charge < -0.3 is 15.4 Å². The summed E-state index contributed by atoms with van der Waals surface area (Å²) >= 11 is 0. The largest absolute Gasteiger partial charge is 0.480 e. The normalized spacial score (nSPS) is 21.5.